The standard InChI is InChI=1S/C17H27NO2/c1-4-16-12(6-8-20-16)11-18-7-5-13-14(18)9-17(2,3)10-15(13)19/h5,7,12,15-16,19H,4,6,8-11H2,1-3H3. The minimum absolute atomic E-state index is 0.193. The fourth-order valence-corrected chi connectivity index (χ4v) is 3.96. The second kappa shape index (κ2) is 5.19. The van der Waals surface area contributed by atoms with Crippen molar-refractivity contribution >= 4 is 0 Å². The Bertz CT molecular complexity index is 477. The lowest BCUT2D eigenvalue weighted by atomic mass is 9.75. The van der Waals surface area contributed by atoms with Crippen LogP contribution in [0.15, 0.2) is 12.3 Å². The highest BCUT2D eigenvalue weighted by Crippen LogP contribution is 2.41. The van der Waals surface area contributed by atoms with E-state index in [0.717, 1.165) is 44.4 Å². The van der Waals surface area contributed by atoms with Crippen LogP contribution >= 0.6 is 0 Å². The minimum atomic E-state index is -0.295. The first-order chi connectivity index (χ1) is 9.50. The number of hydrogen-bond acceptors (Lipinski definition) is 2. The highest BCUT2D eigenvalue weighted by molar-refractivity contribution is 5.29. The molecule has 0 spiro atoms. The van der Waals surface area contributed by atoms with Crippen molar-refractivity contribution in [3.05, 3.63) is 23.5 Å². The lowest BCUT2D eigenvalue weighted by Crippen LogP contribution is -2.28. The molecule has 1 saturated heterocycles. The molecule has 0 aromatic carbocycles. The fraction of sp³-hybridized carbons (Fsp3) is 0.765. The second-order valence-electron chi connectivity index (χ2n) is 7.30. The summed E-state index contributed by atoms with van der Waals surface area (Å²) in [7, 11) is 0. The Balaban J connectivity index is 1.82. The first-order valence-electron chi connectivity index (χ1n) is 7.98. The van der Waals surface area contributed by atoms with E-state index in [4.69, 9.17) is 4.74 Å². The van der Waals surface area contributed by atoms with Gasteiger partial charge in [0.1, 0.15) is 0 Å². The summed E-state index contributed by atoms with van der Waals surface area (Å²) in [4.78, 5) is 0. The molecule has 3 nitrogen and oxygen atoms in total. The van der Waals surface area contributed by atoms with Crippen LogP contribution in [0.2, 0.25) is 0 Å². The maximum atomic E-state index is 10.3. The lowest BCUT2D eigenvalue weighted by molar-refractivity contribution is 0.0815. The molecule has 2 heterocycles. The van der Waals surface area contributed by atoms with E-state index in [1.54, 1.807) is 0 Å². The molecule has 20 heavy (non-hydrogen) atoms. The second-order valence-corrected chi connectivity index (χ2v) is 7.30. The number of fused-ring (bicyclic) bond motifs is 1. The summed E-state index contributed by atoms with van der Waals surface area (Å²) in [6.45, 7) is 8.66. The molecule has 3 unspecified atom stereocenters. The van der Waals surface area contributed by atoms with Gasteiger partial charge >= 0.3 is 0 Å². The number of aromatic nitrogens is 1. The van der Waals surface area contributed by atoms with E-state index in [2.05, 4.69) is 37.6 Å². The van der Waals surface area contributed by atoms with Gasteiger partial charge in [0.15, 0.2) is 0 Å². The van der Waals surface area contributed by atoms with Gasteiger partial charge in [-0.2, -0.15) is 0 Å². The van der Waals surface area contributed by atoms with Crippen LogP contribution < -0.4 is 0 Å². The molecule has 0 saturated carbocycles. The van der Waals surface area contributed by atoms with Gasteiger partial charge in [0.05, 0.1) is 12.2 Å². The average Bonchev–Trinajstić information content (AvgIpc) is 2.96. The zero-order valence-corrected chi connectivity index (χ0v) is 12.9. The van der Waals surface area contributed by atoms with Crippen molar-refractivity contribution in [2.75, 3.05) is 6.61 Å². The Labute approximate surface area is 121 Å². The Morgan fingerprint density at radius 1 is 1.45 bits per heavy atom. The minimum Gasteiger partial charge on any atom is -0.388 e. The van der Waals surface area contributed by atoms with Crippen LogP contribution in [0.4, 0.5) is 0 Å². The molecular formula is C17H27NO2. The van der Waals surface area contributed by atoms with Gasteiger partial charge in [-0.1, -0.05) is 20.8 Å². The van der Waals surface area contributed by atoms with Crippen molar-refractivity contribution in [2.45, 2.75) is 65.2 Å². The molecule has 1 aliphatic carbocycles. The van der Waals surface area contributed by atoms with Crippen LogP contribution in [0.5, 0.6) is 0 Å². The fourth-order valence-electron chi connectivity index (χ4n) is 3.96. The zero-order chi connectivity index (χ0) is 14.3. The maximum absolute atomic E-state index is 10.3. The van der Waals surface area contributed by atoms with Gasteiger partial charge in [-0.3, -0.25) is 0 Å². The van der Waals surface area contributed by atoms with Crippen LogP contribution in [0.3, 0.4) is 0 Å². The summed E-state index contributed by atoms with van der Waals surface area (Å²) in [6.07, 6.45) is 6.48. The van der Waals surface area contributed by atoms with Crippen molar-refractivity contribution in [3.8, 4) is 0 Å². The quantitative estimate of drug-likeness (QED) is 0.920. The van der Waals surface area contributed by atoms with Gasteiger partial charge in [0.25, 0.3) is 0 Å². The normalized spacial score (nSPS) is 32.3. The molecule has 0 radical (unpaired) electrons. The number of ether oxygens (including phenoxy) is 1. The molecular weight excluding hydrogens is 250 g/mol. The first kappa shape index (κ1) is 14.2. The Kier molecular flexibility index (Phi) is 3.67. The SMILES string of the molecule is CCC1OCCC1Cn1ccc2c1CC(C)(C)CC2O. The van der Waals surface area contributed by atoms with Gasteiger partial charge in [-0.25, -0.2) is 0 Å². The summed E-state index contributed by atoms with van der Waals surface area (Å²) in [6, 6.07) is 2.12. The van der Waals surface area contributed by atoms with Crippen molar-refractivity contribution < 1.29 is 9.84 Å². The van der Waals surface area contributed by atoms with Gasteiger partial charge in [-0.05, 0) is 37.2 Å². The maximum Gasteiger partial charge on any atom is 0.0812 e. The number of nitrogens with zero attached hydrogens (tertiary/aromatic N) is 1. The lowest BCUT2D eigenvalue weighted by Gasteiger charge is -2.34. The summed E-state index contributed by atoms with van der Waals surface area (Å²) in [5.74, 6) is 0.624. The van der Waals surface area contributed by atoms with Gasteiger partial charge < -0.3 is 14.4 Å². The Hall–Kier alpha value is -0.800. The molecule has 3 heteroatoms. The van der Waals surface area contributed by atoms with Gasteiger partial charge in [-0.15, -0.1) is 0 Å². The highest BCUT2D eigenvalue weighted by Gasteiger charge is 2.34. The third-order valence-electron chi connectivity index (χ3n) is 5.04. The number of aliphatic hydroxyl groups is 1. The molecule has 3 atom stereocenters. The summed E-state index contributed by atoms with van der Waals surface area (Å²) in [5.41, 5.74) is 2.69. The van der Waals surface area contributed by atoms with Crippen LogP contribution in [-0.4, -0.2) is 22.4 Å². The van der Waals surface area contributed by atoms with E-state index in [1.807, 2.05) is 0 Å². The van der Waals surface area contributed by atoms with E-state index in [-0.39, 0.29) is 11.5 Å². The van der Waals surface area contributed by atoms with Crippen LogP contribution in [0.25, 0.3) is 0 Å². The van der Waals surface area contributed by atoms with Crippen LogP contribution in [0.1, 0.15) is 57.4 Å². The molecule has 1 N–H and O–H groups in total. The predicted molar refractivity (Wildman–Crippen MR) is 79.6 cm³/mol. The molecule has 1 aliphatic heterocycles. The molecule has 0 amide bonds. The zero-order valence-electron chi connectivity index (χ0n) is 12.9. The van der Waals surface area contributed by atoms with E-state index < -0.39 is 0 Å². The third kappa shape index (κ3) is 2.53. The van der Waals surface area contributed by atoms with Crippen LogP contribution in [0, 0.1) is 11.3 Å². The summed E-state index contributed by atoms with van der Waals surface area (Å²) >= 11 is 0. The monoisotopic (exact) mass is 277 g/mol. The van der Waals surface area contributed by atoms with Crippen molar-refractivity contribution in [1.82, 2.24) is 4.57 Å². The van der Waals surface area contributed by atoms with Crippen molar-refractivity contribution in [3.63, 3.8) is 0 Å². The Morgan fingerprint density at radius 2 is 2.25 bits per heavy atom. The van der Waals surface area contributed by atoms with Crippen LogP contribution in [-0.2, 0) is 17.7 Å². The molecule has 3 rings (SSSR count). The smallest absolute Gasteiger partial charge is 0.0812 e. The number of rotatable bonds is 3. The molecule has 1 fully saturated rings. The van der Waals surface area contributed by atoms with E-state index >= 15 is 0 Å². The molecule has 1 aromatic rings. The third-order valence-corrected chi connectivity index (χ3v) is 5.04. The van der Waals surface area contributed by atoms with Gasteiger partial charge in [0.2, 0.25) is 0 Å². The largest absolute Gasteiger partial charge is 0.388 e. The summed E-state index contributed by atoms with van der Waals surface area (Å²) < 4.78 is 8.18. The predicted octanol–water partition coefficient (Wildman–Crippen LogP) is 3.31. The van der Waals surface area contributed by atoms with Crippen molar-refractivity contribution in [2.24, 2.45) is 11.3 Å². The number of hydrogen-bond donors (Lipinski definition) is 1. The molecule has 2 aliphatic rings. The van der Waals surface area contributed by atoms with Gasteiger partial charge in [0, 0.05) is 36.5 Å². The molecule has 0 bridgehead atoms. The molecule has 112 valence electrons. The van der Waals surface area contributed by atoms with E-state index in [1.165, 1.54) is 5.69 Å². The molecule has 1 aromatic heterocycles. The first-order valence-corrected chi connectivity index (χ1v) is 7.98. The summed E-state index contributed by atoms with van der Waals surface area (Å²) in [5, 5.41) is 10.3. The van der Waals surface area contributed by atoms with E-state index in [9.17, 15) is 5.11 Å². The highest BCUT2D eigenvalue weighted by atomic mass is 16.5. The topological polar surface area (TPSA) is 34.4 Å². The average molecular weight is 277 g/mol. The number of aliphatic hydroxyl groups excluding tert-OH is 1. The van der Waals surface area contributed by atoms with Crippen molar-refractivity contribution in [1.29, 1.82) is 0 Å². The van der Waals surface area contributed by atoms with E-state index in [0.29, 0.717) is 12.0 Å². The Morgan fingerprint density at radius 3 is 3.00 bits per heavy atom.